The summed E-state index contributed by atoms with van der Waals surface area (Å²) in [6, 6.07) is 4.55. The van der Waals surface area contributed by atoms with E-state index in [1.165, 1.54) is 19.2 Å². The molecule has 0 saturated carbocycles. The molecule has 98 valence electrons. The molecule has 0 radical (unpaired) electrons. The lowest BCUT2D eigenvalue weighted by atomic mass is 10.3. The number of aromatic nitrogens is 1. The first-order chi connectivity index (χ1) is 8.50. The van der Waals surface area contributed by atoms with Crippen molar-refractivity contribution in [2.45, 2.75) is 0 Å². The number of methoxy groups -OCH3 is 1. The minimum absolute atomic E-state index is 0.108. The van der Waals surface area contributed by atoms with E-state index in [4.69, 9.17) is 9.15 Å². The highest BCUT2D eigenvalue weighted by atomic mass is 32.2. The Morgan fingerprint density at radius 3 is 2.94 bits per heavy atom. The first-order valence-electron chi connectivity index (χ1n) is 5.12. The lowest BCUT2D eigenvalue weighted by molar-refractivity contribution is 0.217. The summed E-state index contributed by atoms with van der Waals surface area (Å²) in [4.78, 5) is 13.4. The molecule has 0 aliphatic rings. The predicted octanol–water partition coefficient (Wildman–Crippen LogP) is 0.509. The zero-order valence-corrected chi connectivity index (χ0v) is 10.4. The summed E-state index contributed by atoms with van der Waals surface area (Å²) in [7, 11) is -2.04. The van der Waals surface area contributed by atoms with E-state index in [9.17, 15) is 13.2 Å². The maximum atomic E-state index is 11.6. The molecule has 0 bridgehead atoms. The van der Waals surface area contributed by atoms with Gasteiger partial charge in [-0.05, 0) is 12.1 Å². The highest BCUT2D eigenvalue weighted by Gasteiger charge is 2.11. The van der Waals surface area contributed by atoms with Gasteiger partial charge in [0, 0.05) is 13.2 Å². The van der Waals surface area contributed by atoms with Crippen LogP contribution in [0.5, 0.6) is 0 Å². The fourth-order valence-corrected chi connectivity index (χ4v) is 2.41. The van der Waals surface area contributed by atoms with Crippen LogP contribution in [0.15, 0.2) is 27.4 Å². The van der Waals surface area contributed by atoms with Gasteiger partial charge < -0.3 is 9.15 Å². The van der Waals surface area contributed by atoms with Crippen molar-refractivity contribution < 1.29 is 17.6 Å². The molecule has 1 heterocycles. The van der Waals surface area contributed by atoms with Crippen molar-refractivity contribution in [3.05, 3.63) is 28.7 Å². The highest BCUT2D eigenvalue weighted by Crippen LogP contribution is 2.17. The quantitative estimate of drug-likeness (QED) is 0.825. The Morgan fingerprint density at radius 1 is 1.44 bits per heavy atom. The number of sulfonamides is 1. The Balaban J connectivity index is 2.24. The van der Waals surface area contributed by atoms with Crippen molar-refractivity contribution in [2.24, 2.45) is 0 Å². The minimum atomic E-state index is -3.46. The second-order valence-electron chi connectivity index (χ2n) is 3.64. The summed E-state index contributed by atoms with van der Waals surface area (Å²) in [5, 5.41) is 0. The Kier molecular flexibility index (Phi) is 3.39. The number of nitrogens with one attached hydrogen (secondary N) is 2. The molecule has 0 unspecified atom stereocenters. The Hall–Kier alpha value is -1.80. The molecule has 0 spiro atoms. The Labute approximate surface area is 103 Å². The molecule has 0 atom stereocenters. The number of hydrogen-bond donors (Lipinski definition) is 2. The molecule has 0 aliphatic heterocycles. The van der Waals surface area contributed by atoms with E-state index in [2.05, 4.69) is 9.71 Å². The summed E-state index contributed by atoms with van der Waals surface area (Å²) in [6.45, 7) is 0.108. The van der Waals surface area contributed by atoms with Gasteiger partial charge in [0.15, 0.2) is 5.58 Å². The third-order valence-corrected chi connectivity index (χ3v) is 3.50. The molecule has 18 heavy (non-hydrogen) atoms. The number of benzene rings is 1. The summed E-state index contributed by atoms with van der Waals surface area (Å²) < 4.78 is 35.1. The molecule has 1 aromatic carbocycles. The topological polar surface area (TPSA) is 101 Å². The van der Waals surface area contributed by atoms with Crippen LogP contribution in [0.2, 0.25) is 0 Å². The van der Waals surface area contributed by atoms with Gasteiger partial charge in [-0.3, -0.25) is 9.71 Å². The van der Waals surface area contributed by atoms with Crippen LogP contribution in [-0.4, -0.2) is 32.9 Å². The zero-order chi connectivity index (χ0) is 13.2. The van der Waals surface area contributed by atoms with E-state index in [0.29, 0.717) is 16.8 Å². The van der Waals surface area contributed by atoms with E-state index >= 15 is 0 Å². The second-order valence-corrected chi connectivity index (χ2v) is 5.48. The van der Waals surface area contributed by atoms with Crippen molar-refractivity contribution >= 4 is 26.8 Å². The van der Waals surface area contributed by atoms with Crippen LogP contribution in [0.25, 0.3) is 11.1 Å². The van der Waals surface area contributed by atoms with E-state index in [1.54, 1.807) is 6.07 Å². The van der Waals surface area contributed by atoms with Crippen LogP contribution in [-0.2, 0) is 14.8 Å². The maximum Gasteiger partial charge on any atom is 0.417 e. The monoisotopic (exact) mass is 272 g/mol. The largest absolute Gasteiger partial charge is 0.417 e. The molecule has 2 rings (SSSR count). The summed E-state index contributed by atoms with van der Waals surface area (Å²) in [5.41, 5.74) is 1.15. The van der Waals surface area contributed by atoms with Crippen molar-refractivity contribution in [2.75, 3.05) is 24.2 Å². The van der Waals surface area contributed by atoms with E-state index < -0.39 is 15.8 Å². The molecule has 1 aromatic heterocycles. The van der Waals surface area contributed by atoms with Gasteiger partial charge in [-0.1, -0.05) is 0 Å². The summed E-state index contributed by atoms with van der Waals surface area (Å²) in [6.07, 6.45) is 0. The minimum Gasteiger partial charge on any atom is -0.408 e. The number of H-pyrrole nitrogens is 1. The van der Waals surface area contributed by atoms with Crippen molar-refractivity contribution in [1.29, 1.82) is 0 Å². The molecule has 2 N–H and O–H groups in total. The van der Waals surface area contributed by atoms with Crippen molar-refractivity contribution in [3.8, 4) is 0 Å². The third kappa shape index (κ3) is 2.90. The SMILES string of the molecule is COCCS(=O)(=O)Nc1ccc2[nH]c(=O)oc2c1. The third-order valence-electron chi connectivity index (χ3n) is 2.25. The first kappa shape index (κ1) is 12.7. The van der Waals surface area contributed by atoms with Crippen LogP contribution in [0, 0.1) is 0 Å². The molecule has 2 aromatic rings. The highest BCUT2D eigenvalue weighted by molar-refractivity contribution is 7.92. The molecular weight excluding hydrogens is 260 g/mol. The molecule has 7 nitrogen and oxygen atoms in total. The lowest BCUT2D eigenvalue weighted by Gasteiger charge is -2.06. The number of anilines is 1. The van der Waals surface area contributed by atoms with Crippen LogP contribution in [0.3, 0.4) is 0 Å². The molecule has 8 heteroatoms. The fourth-order valence-electron chi connectivity index (χ4n) is 1.43. The second kappa shape index (κ2) is 4.83. The number of rotatable bonds is 5. The van der Waals surface area contributed by atoms with Gasteiger partial charge in [-0.15, -0.1) is 0 Å². The predicted molar refractivity (Wildman–Crippen MR) is 66.1 cm³/mol. The number of hydrogen-bond acceptors (Lipinski definition) is 5. The van der Waals surface area contributed by atoms with Crippen LogP contribution >= 0.6 is 0 Å². The number of aromatic amines is 1. The number of oxazole rings is 1. The van der Waals surface area contributed by atoms with Crippen molar-refractivity contribution in [1.82, 2.24) is 4.98 Å². The standard InChI is InChI=1S/C10H12N2O5S/c1-16-4-5-18(14,15)12-7-2-3-8-9(6-7)17-10(13)11-8/h2-3,6,12H,4-5H2,1H3,(H,11,13). The zero-order valence-electron chi connectivity index (χ0n) is 9.60. The van der Waals surface area contributed by atoms with Gasteiger partial charge in [0.25, 0.3) is 0 Å². The molecule has 0 saturated heterocycles. The van der Waals surface area contributed by atoms with E-state index in [1.807, 2.05) is 0 Å². The smallest absolute Gasteiger partial charge is 0.408 e. The normalized spacial score (nSPS) is 11.8. The van der Waals surface area contributed by atoms with Crippen LogP contribution in [0.1, 0.15) is 0 Å². The number of ether oxygens (including phenoxy) is 1. The van der Waals surface area contributed by atoms with Gasteiger partial charge in [0.05, 0.1) is 23.6 Å². The molecular formula is C10H12N2O5S. The van der Waals surface area contributed by atoms with Gasteiger partial charge in [-0.2, -0.15) is 0 Å². The number of fused-ring (bicyclic) bond motifs is 1. The molecule has 0 amide bonds. The van der Waals surface area contributed by atoms with Gasteiger partial charge >= 0.3 is 5.76 Å². The van der Waals surface area contributed by atoms with E-state index in [0.717, 1.165) is 0 Å². The van der Waals surface area contributed by atoms with Gasteiger partial charge in [0.1, 0.15) is 0 Å². The average Bonchev–Trinajstić information content (AvgIpc) is 2.65. The van der Waals surface area contributed by atoms with Crippen LogP contribution in [0.4, 0.5) is 5.69 Å². The van der Waals surface area contributed by atoms with Gasteiger partial charge in [0.2, 0.25) is 10.0 Å². The average molecular weight is 272 g/mol. The lowest BCUT2D eigenvalue weighted by Crippen LogP contribution is -2.19. The van der Waals surface area contributed by atoms with E-state index in [-0.39, 0.29) is 12.4 Å². The fraction of sp³-hybridized carbons (Fsp3) is 0.300. The van der Waals surface area contributed by atoms with Crippen molar-refractivity contribution in [3.63, 3.8) is 0 Å². The Morgan fingerprint density at radius 2 is 2.22 bits per heavy atom. The molecule has 0 aliphatic carbocycles. The first-order valence-corrected chi connectivity index (χ1v) is 6.78. The summed E-state index contributed by atoms with van der Waals surface area (Å²) >= 11 is 0. The Bertz CT molecular complexity index is 700. The maximum absolute atomic E-state index is 11.6. The van der Waals surface area contributed by atoms with Gasteiger partial charge in [-0.25, -0.2) is 13.2 Å². The van der Waals surface area contributed by atoms with Crippen LogP contribution < -0.4 is 10.5 Å². The summed E-state index contributed by atoms with van der Waals surface area (Å²) in [5.74, 6) is -0.720. The molecule has 0 fully saturated rings.